The van der Waals surface area contributed by atoms with Gasteiger partial charge in [0.15, 0.2) is 12.6 Å². The largest absolute Gasteiger partial charge is 0.455 e. The fraction of sp³-hybridized carbons (Fsp3) is 0.348. The smallest absolute Gasteiger partial charge is 0.338 e. The number of fused-ring (bicyclic) bond motifs is 1. The van der Waals surface area contributed by atoms with Gasteiger partial charge in [-0.1, -0.05) is 59.7 Å². The summed E-state index contributed by atoms with van der Waals surface area (Å²) in [5.41, 5.74) is 10.4. The van der Waals surface area contributed by atoms with Crippen molar-refractivity contribution in [2.45, 2.75) is 36.9 Å². The molecule has 2 heterocycles. The van der Waals surface area contributed by atoms with Crippen molar-refractivity contribution < 1.29 is 28.5 Å². The Morgan fingerprint density at radius 3 is 2.56 bits per heavy atom. The molecule has 6 atom stereocenters. The first kappa shape index (κ1) is 22.0. The maximum absolute atomic E-state index is 12.9. The molecule has 0 spiro atoms. The summed E-state index contributed by atoms with van der Waals surface area (Å²) in [7, 11) is 0. The van der Waals surface area contributed by atoms with Crippen molar-refractivity contribution >= 4 is 5.97 Å². The number of carbonyl (C=O) groups is 1. The molecular formula is C23H23N3O6. The average molecular weight is 437 g/mol. The standard InChI is InChI=1S/C23H23N3O6/c1-2-13-28-23-18(25-26-24)20(31-21(27)15-9-5-3-6-10-15)19-17(30-23)14-29-22(32-19)16-11-7-4-8-12-16/h2-12,17-20,22-23H,1,13-14H2/t17?,18?,19-,20+,22?,23-/m0/s1. The summed E-state index contributed by atoms with van der Waals surface area (Å²) in [6.07, 6.45) is -2.38. The van der Waals surface area contributed by atoms with Gasteiger partial charge in [0.25, 0.3) is 0 Å². The molecule has 3 unspecified atom stereocenters. The summed E-state index contributed by atoms with van der Waals surface area (Å²) in [5.74, 6) is -0.566. The second-order valence-corrected chi connectivity index (χ2v) is 7.27. The van der Waals surface area contributed by atoms with Crippen LogP contribution in [0.1, 0.15) is 22.2 Å². The Morgan fingerprint density at radius 2 is 1.88 bits per heavy atom. The van der Waals surface area contributed by atoms with Gasteiger partial charge in [0.1, 0.15) is 24.4 Å². The molecule has 4 rings (SSSR count). The van der Waals surface area contributed by atoms with Crippen LogP contribution in [0.15, 0.2) is 78.4 Å². The van der Waals surface area contributed by atoms with Crippen LogP contribution in [0.4, 0.5) is 0 Å². The van der Waals surface area contributed by atoms with E-state index in [1.165, 1.54) is 0 Å². The maximum atomic E-state index is 12.9. The van der Waals surface area contributed by atoms with E-state index in [9.17, 15) is 10.3 Å². The van der Waals surface area contributed by atoms with Crippen LogP contribution in [-0.4, -0.2) is 49.8 Å². The third kappa shape index (κ3) is 4.83. The normalized spacial score (nSPS) is 29.2. The number of azide groups is 1. The molecule has 2 aliphatic heterocycles. The van der Waals surface area contributed by atoms with E-state index in [1.807, 2.05) is 30.3 Å². The van der Waals surface area contributed by atoms with Gasteiger partial charge >= 0.3 is 5.97 Å². The lowest BCUT2D eigenvalue weighted by molar-refractivity contribution is -0.340. The number of benzene rings is 2. The molecule has 32 heavy (non-hydrogen) atoms. The van der Waals surface area contributed by atoms with Crippen molar-refractivity contribution in [1.82, 2.24) is 0 Å². The van der Waals surface area contributed by atoms with E-state index < -0.39 is 42.9 Å². The highest BCUT2D eigenvalue weighted by Gasteiger charge is 2.52. The molecule has 0 radical (unpaired) electrons. The quantitative estimate of drug-likeness (QED) is 0.213. The predicted octanol–water partition coefficient (Wildman–Crippen LogP) is 3.93. The zero-order valence-electron chi connectivity index (χ0n) is 17.2. The fourth-order valence-electron chi connectivity index (χ4n) is 3.72. The molecule has 166 valence electrons. The predicted molar refractivity (Wildman–Crippen MR) is 113 cm³/mol. The number of nitrogens with zero attached hydrogens (tertiary/aromatic N) is 3. The lowest BCUT2D eigenvalue weighted by Gasteiger charge is -2.47. The third-order valence-electron chi connectivity index (χ3n) is 5.19. The van der Waals surface area contributed by atoms with E-state index in [2.05, 4.69) is 16.6 Å². The molecule has 2 aromatic rings. The second kappa shape index (κ2) is 10.4. The topological polar surface area (TPSA) is 112 Å². The van der Waals surface area contributed by atoms with Crippen LogP contribution in [0.2, 0.25) is 0 Å². The van der Waals surface area contributed by atoms with Gasteiger partial charge in [-0.3, -0.25) is 0 Å². The second-order valence-electron chi connectivity index (χ2n) is 7.27. The Hall–Kier alpha value is -3.20. The number of carbonyl (C=O) groups excluding carboxylic acids is 1. The van der Waals surface area contributed by atoms with Crippen LogP contribution in [0, 0.1) is 0 Å². The maximum Gasteiger partial charge on any atom is 0.338 e. The summed E-state index contributed by atoms with van der Waals surface area (Å²) < 4.78 is 29.5. The zero-order valence-corrected chi connectivity index (χ0v) is 17.2. The van der Waals surface area contributed by atoms with E-state index in [4.69, 9.17) is 23.7 Å². The van der Waals surface area contributed by atoms with Crippen LogP contribution in [0.3, 0.4) is 0 Å². The highest BCUT2D eigenvalue weighted by molar-refractivity contribution is 5.89. The van der Waals surface area contributed by atoms with Crippen molar-refractivity contribution in [3.8, 4) is 0 Å². The number of ether oxygens (including phenoxy) is 5. The van der Waals surface area contributed by atoms with Crippen LogP contribution in [0.5, 0.6) is 0 Å². The third-order valence-corrected chi connectivity index (χ3v) is 5.19. The van der Waals surface area contributed by atoms with Crippen molar-refractivity contribution in [3.63, 3.8) is 0 Å². The zero-order chi connectivity index (χ0) is 22.3. The molecule has 0 aliphatic carbocycles. The van der Waals surface area contributed by atoms with E-state index in [0.717, 1.165) is 5.56 Å². The van der Waals surface area contributed by atoms with Gasteiger partial charge in [0.05, 0.1) is 18.8 Å². The fourth-order valence-corrected chi connectivity index (χ4v) is 3.72. The SMILES string of the molecule is C=CCO[C@H]1OC2COC(c3ccccc3)O[C@@H]2[C@H](OC(=O)c2ccccc2)C1N=[N+]=[N-]. The van der Waals surface area contributed by atoms with Gasteiger partial charge in [-0.05, 0) is 17.7 Å². The van der Waals surface area contributed by atoms with Crippen LogP contribution >= 0.6 is 0 Å². The summed E-state index contributed by atoms with van der Waals surface area (Å²) in [6.45, 7) is 3.97. The number of esters is 1. The minimum Gasteiger partial charge on any atom is -0.455 e. The average Bonchev–Trinajstić information content (AvgIpc) is 2.85. The first-order valence-electron chi connectivity index (χ1n) is 10.2. The molecule has 0 aromatic heterocycles. The van der Waals surface area contributed by atoms with Crippen molar-refractivity contribution in [3.05, 3.63) is 94.9 Å². The number of hydrogen-bond acceptors (Lipinski definition) is 7. The van der Waals surface area contributed by atoms with Crippen LogP contribution in [-0.2, 0) is 23.7 Å². The Bertz CT molecular complexity index is 966. The Morgan fingerprint density at radius 1 is 1.16 bits per heavy atom. The minimum absolute atomic E-state index is 0.160. The molecular weight excluding hydrogens is 414 g/mol. The summed E-state index contributed by atoms with van der Waals surface area (Å²) in [6, 6.07) is 17.0. The van der Waals surface area contributed by atoms with Gasteiger partial charge < -0.3 is 23.7 Å². The van der Waals surface area contributed by atoms with E-state index in [0.29, 0.717) is 5.56 Å². The van der Waals surface area contributed by atoms with Crippen LogP contribution < -0.4 is 0 Å². The van der Waals surface area contributed by atoms with Gasteiger partial charge in [0, 0.05) is 10.5 Å². The van der Waals surface area contributed by atoms with Gasteiger partial charge in [0.2, 0.25) is 0 Å². The van der Waals surface area contributed by atoms with Crippen LogP contribution in [0.25, 0.3) is 10.4 Å². The Kier molecular flexibility index (Phi) is 7.16. The lowest BCUT2D eigenvalue weighted by atomic mass is 9.95. The molecule has 9 heteroatoms. The Balaban J connectivity index is 1.63. The molecule has 0 bridgehead atoms. The highest BCUT2D eigenvalue weighted by Crippen LogP contribution is 2.37. The Labute approximate surface area is 185 Å². The van der Waals surface area contributed by atoms with Crippen molar-refractivity contribution in [1.29, 1.82) is 0 Å². The number of hydrogen-bond donors (Lipinski definition) is 0. The molecule has 2 fully saturated rings. The monoisotopic (exact) mass is 437 g/mol. The first-order chi connectivity index (χ1) is 15.7. The van der Waals surface area contributed by atoms with E-state index in [-0.39, 0.29) is 13.2 Å². The van der Waals surface area contributed by atoms with Gasteiger partial charge in [-0.25, -0.2) is 4.79 Å². The molecule has 0 N–H and O–H groups in total. The highest BCUT2D eigenvalue weighted by atomic mass is 16.8. The molecule has 2 aliphatic rings. The molecule has 0 saturated carbocycles. The van der Waals surface area contributed by atoms with E-state index in [1.54, 1.807) is 36.4 Å². The summed E-state index contributed by atoms with van der Waals surface area (Å²) in [4.78, 5) is 15.8. The van der Waals surface area contributed by atoms with Crippen molar-refractivity contribution in [2.75, 3.05) is 13.2 Å². The minimum atomic E-state index is -0.969. The molecule has 9 nitrogen and oxygen atoms in total. The molecule has 0 amide bonds. The molecule has 2 aromatic carbocycles. The summed E-state index contributed by atoms with van der Waals surface area (Å²) >= 11 is 0. The van der Waals surface area contributed by atoms with Crippen molar-refractivity contribution in [2.24, 2.45) is 5.11 Å². The van der Waals surface area contributed by atoms with Gasteiger partial charge in [-0.15, -0.1) is 6.58 Å². The number of rotatable bonds is 7. The summed E-state index contributed by atoms with van der Waals surface area (Å²) in [5, 5.41) is 3.83. The lowest BCUT2D eigenvalue weighted by Crippen LogP contribution is -2.62. The molecule has 2 saturated heterocycles. The first-order valence-corrected chi connectivity index (χ1v) is 10.2. The van der Waals surface area contributed by atoms with E-state index >= 15 is 0 Å². The van der Waals surface area contributed by atoms with Gasteiger partial charge in [-0.2, -0.15) is 0 Å².